The van der Waals surface area contributed by atoms with Gasteiger partial charge in [0.15, 0.2) is 0 Å². The minimum atomic E-state index is -0.724. The molecule has 0 aliphatic rings. The summed E-state index contributed by atoms with van der Waals surface area (Å²) in [6.07, 6.45) is 1.25. The summed E-state index contributed by atoms with van der Waals surface area (Å²) in [5.74, 6) is -1.15. The Balaban J connectivity index is 2.72. The number of rotatable bonds is 2. The number of nitrogens with zero attached hydrogens (tertiary/aromatic N) is 3. The molecule has 7 nitrogen and oxygen atoms in total. The lowest BCUT2D eigenvalue weighted by Gasteiger charge is -2.33. The molecule has 2 N–H and O–H groups in total. The van der Waals surface area contributed by atoms with Crippen LogP contribution in [0, 0.1) is 0 Å². The second kappa shape index (κ2) is 4.94. The van der Waals surface area contributed by atoms with E-state index in [9.17, 15) is 9.59 Å². The molecule has 0 aromatic carbocycles. The maximum atomic E-state index is 11.9. The van der Waals surface area contributed by atoms with Crippen molar-refractivity contribution >= 4 is 17.8 Å². The number of hydrogen-bond acceptors (Lipinski definition) is 4. The summed E-state index contributed by atoms with van der Waals surface area (Å²) in [6.45, 7) is 7.90. The molecule has 94 valence electrons. The zero-order valence-electron chi connectivity index (χ0n) is 10.4. The summed E-state index contributed by atoms with van der Waals surface area (Å²) in [5.41, 5.74) is -0.398. The first kappa shape index (κ1) is 13.1. The van der Waals surface area contributed by atoms with E-state index >= 15 is 0 Å². The number of carbonyl (C=O) groups is 2. The Morgan fingerprint density at radius 1 is 1.47 bits per heavy atom. The maximum Gasteiger partial charge on any atom is 0.316 e. The molecule has 0 radical (unpaired) electrons. The quantitative estimate of drug-likeness (QED) is 0.730. The van der Waals surface area contributed by atoms with Crippen molar-refractivity contribution in [3.05, 3.63) is 6.33 Å². The van der Waals surface area contributed by atoms with Gasteiger partial charge in [0.05, 0.1) is 0 Å². The van der Waals surface area contributed by atoms with Gasteiger partial charge in [-0.15, -0.1) is 0 Å². The van der Waals surface area contributed by atoms with Crippen molar-refractivity contribution in [2.24, 2.45) is 0 Å². The Bertz CT molecular complexity index is 393. The van der Waals surface area contributed by atoms with Gasteiger partial charge in [0, 0.05) is 12.1 Å². The topological polar surface area (TPSA) is 91.0 Å². The van der Waals surface area contributed by atoms with Crippen molar-refractivity contribution in [3.8, 4) is 0 Å². The van der Waals surface area contributed by atoms with Crippen LogP contribution in [0.25, 0.3) is 0 Å². The second-order valence-electron chi connectivity index (χ2n) is 4.51. The largest absolute Gasteiger partial charge is 0.330 e. The molecule has 7 heteroatoms. The molecular formula is C10H17N5O2. The van der Waals surface area contributed by atoms with Gasteiger partial charge in [-0.2, -0.15) is 10.1 Å². The van der Waals surface area contributed by atoms with E-state index < -0.39 is 17.4 Å². The highest BCUT2D eigenvalue weighted by molar-refractivity contribution is 6.39. The third-order valence-corrected chi connectivity index (χ3v) is 2.21. The molecule has 0 aliphatic carbocycles. The average Bonchev–Trinajstić information content (AvgIpc) is 2.69. The highest BCUT2D eigenvalue weighted by Crippen LogP contribution is 2.13. The fourth-order valence-corrected chi connectivity index (χ4v) is 1.47. The molecule has 0 saturated heterocycles. The summed E-state index contributed by atoms with van der Waals surface area (Å²) in [7, 11) is 0. The van der Waals surface area contributed by atoms with Crippen LogP contribution >= 0.6 is 0 Å². The molecule has 1 rings (SSSR count). The lowest BCUT2D eigenvalue weighted by Crippen LogP contribution is -2.50. The van der Waals surface area contributed by atoms with Crippen molar-refractivity contribution < 1.29 is 9.59 Å². The smallest absolute Gasteiger partial charge is 0.316 e. The lowest BCUT2D eigenvalue weighted by atomic mass is 10.1. The molecule has 1 aromatic rings. The zero-order chi connectivity index (χ0) is 13.1. The molecule has 0 aliphatic heterocycles. The number of anilines is 1. The Labute approximate surface area is 99.6 Å². The monoisotopic (exact) mass is 239 g/mol. The predicted octanol–water partition coefficient (Wildman–Crippen LogP) is 0.390. The predicted molar refractivity (Wildman–Crippen MR) is 62.2 cm³/mol. The van der Waals surface area contributed by atoms with Gasteiger partial charge >= 0.3 is 11.8 Å². The van der Waals surface area contributed by atoms with Gasteiger partial charge in [0.1, 0.15) is 6.33 Å². The summed E-state index contributed by atoms with van der Waals surface area (Å²) < 4.78 is 0. The van der Waals surface area contributed by atoms with E-state index in [2.05, 4.69) is 20.5 Å². The maximum absolute atomic E-state index is 11.9. The molecule has 1 heterocycles. The van der Waals surface area contributed by atoms with E-state index in [0.717, 1.165) is 0 Å². The molecule has 2 amide bonds. The van der Waals surface area contributed by atoms with Gasteiger partial charge in [-0.25, -0.2) is 5.10 Å². The van der Waals surface area contributed by atoms with Gasteiger partial charge < -0.3 is 4.90 Å². The van der Waals surface area contributed by atoms with Crippen molar-refractivity contribution in [1.82, 2.24) is 20.1 Å². The number of amides is 2. The Morgan fingerprint density at radius 3 is 2.53 bits per heavy atom. The molecule has 0 atom stereocenters. The Morgan fingerprint density at radius 2 is 2.12 bits per heavy atom. The van der Waals surface area contributed by atoms with Crippen LogP contribution in [0.5, 0.6) is 0 Å². The van der Waals surface area contributed by atoms with Gasteiger partial charge in [-0.3, -0.25) is 14.9 Å². The van der Waals surface area contributed by atoms with E-state index in [1.807, 2.05) is 27.7 Å². The molecule has 1 aromatic heterocycles. The van der Waals surface area contributed by atoms with Crippen LogP contribution in [0.3, 0.4) is 0 Å². The number of aromatic nitrogens is 3. The third-order valence-electron chi connectivity index (χ3n) is 2.21. The van der Waals surface area contributed by atoms with Gasteiger partial charge in [-0.05, 0) is 27.7 Å². The van der Waals surface area contributed by atoms with E-state index in [-0.39, 0.29) is 5.95 Å². The summed E-state index contributed by atoms with van der Waals surface area (Å²) >= 11 is 0. The summed E-state index contributed by atoms with van der Waals surface area (Å²) in [6, 6.07) is 0. The number of nitrogens with one attached hydrogen (secondary N) is 2. The van der Waals surface area contributed by atoms with E-state index in [0.29, 0.717) is 6.54 Å². The molecular weight excluding hydrogens is 222 g/mol. The summed E-state index contributed by atoms with van der Waals surface area (Å²) in [5, 5.41) is 8.38. The summed E-state index contributed by atoms with van der Waals surface area (Å²) in [4.78, 5) is 28.8. The van der Waals surface area contributed by atoms with Crippen molar-refractivity contribution in [2.75, 3.05) is 11.9 Å². The molecule has 17 heavy (non-hydrogen) atoms. The van der Waals surface area contributed by atoms with Crippen LogP contribution in [0.4, 0.5) is 5.95 Å². The number of aromatic amines is 1. The van der Waals surface area contributed by atoms with E-state index in [4.69, 9.17) is 0 Å². The number of hydrogen-bond donors (Lipinski definition) is 2. The fourth-order valence-electron chi connectivity index (χ4n) is 1.47. The van der Waals surface area contributed by atoms with Crippen LogP contribution in [0.1, 0.15) is 27.7 Å². The number of likely N-dealkylation sites (N-methyl/N-ethyl adjacent to an activating group) is 1. The second-order valence-corrected chi connectivity index (χ2v) is 4.51. The van der Waals surface area contributed by atoms with Crippen LogP contribution in [-0.4, -0.2) is 44.0 Å². The zero-order valence-corrected chi connectivity index (χ0v) is 10.4. The highest BCUT2D eigenvalue weighted by atomic mass is 16.2. The first-order valence-electron chi connectivity index (χ1n) is 5.34. The van der Waals surface area contributed by atoms with E-state index in [1.54, 1.807) is 0 Å². The van der Waals surface area contributed by atoms with Gasteiger partial charge in [0.2, 0.25) is 5.95 Å². The van der Waals surface area contributed by atoms with E-state index in [1.165, 1.54) is 11.2 Å². The van der Waals surface area contributed by atoms with Crippen molar-refractivity contribution in [1.29, 1.82) is 0 Å². The molecule has 0 fully saturated rings. The fraction of sp³-hybridized carbons (Fsp3) is 0.600. The Kier molecular flexibility index (Phi) is 3.82. The number of H-pyrrole nitrogens is 1. The van der Waals surface area contributed by atoms with Gasteiger partial charge in [-0.1, -0.05) is 0 Å². The standard InChI is InChI=1S/C10H17N5O2/c1-5-15(10(2,3)4)8(17)7(16)13-9-11-6-12-14-9/h6H,5H2,1-4H3,(H2,11,12,13,14,16). The van der Waals surface area contributed by atoms with Gasteiger partial charge in [0.25, 0.3) is 0 Å². The van der Waals surface area contributed by atoms with Crippen LogP contribution in [-0.2, 0) is 9.59 Å². The minimum absolute atomic E-state index is 0.160. The van der Waals surface area contributed by atoms with Crippen LogP contribution in [0.2, 0.25) is 0 Å². The average molecular weight is 239 g/mol. The number of carbonyl (C=O) groups excluding carboxylic acids is 2. The molecule has 0 bridgehead atoms. The normalized spacial score (nSPS) is 11.1. The van der Waals surface area contributed by atoms with Crippen molar-refractivity contribution in [3.63, 3.8) is 0 Å². The highest BCUT2D eigenvalue weighted by Gasteiger charge is 2.29. The minimum Gasteiger partial charge on any atom is -0.330 e. The Hall–Kier alpha value is -1.92. The third kappa shape index (κ3) is 3.27. The molecule has 0 saturated carbocycles. The first-order chi connectivity index (χ1) is 7.86. The lowest BCUT2D eigenvalue weighted by molar-refractivity contribution is -0.146. The first-order valence-corrected chi connectivity index (χ1v) is 5.34. The van der Waals surface area contributed by atoms with Crippen molar-refractivity contribution in [2.45, 2.75) is 33.2 Å². The van der Waals surface area contributed by atoms with Crippen LogP contribution < -0.4 is 5.32 Å². The van der Waals surface area contributed by atoms with Crippen LogP contribution in [0.15, 0.2) is 6.33 Å². The SMILES string of the molecule is CCN(C(=O)C(=O)Nc1ncn[nH]1)C(C)(C)C. The molecule has 0 spiro atoms. The molecule has 0 unspecified atom stereocenters.